The number of aromatic amines is 1. The molecule has 0 aliphatic carbocycles. The monoisotopic (exact) mass is 308 g/mol. The van der Waals surface area contributed by atoms with E-state index < -0.39 is 0 Å². The van der Waals surface area contributed by atoms with Gasteiger partial charge >= 0.3 is 0 Å². The molecule has 2 N–H and O–H groups in total. The van der Waals surface area contributed by atoms with Crippen LogP contribution in [-0.2, 0) is 6.42 Å². The second-order valence-electron chi connectivity index (χ2n) is 5.23. The number of imidazole rings is 1. The Morgan fingerprint density at radius 3 is 2.86 bits per heavy atom. The molecule has 0 spiro atoms. The van der Waals surface area contributed by atoms with Crippen LogP contribution in [0.25, 0.3) is 23.5 Å². The third-order valence-corrected chi connectivity index (χ3v) is 4.65. The topological polar surface area (TPSA) is 53.6 Å². The fraction of sp³-hybridized carbons (Fsp3) is 0.176. The van der Waals surface area contributed by atoms with Gasteiger partial charge in [0.2, 0.25) is 0 Å². The molecule has 0 saturated carbocycles. The normalized spacial score (nSPS) is 14.0. The van der Waals surface area contributed by atoms with E-state index in [1.165, 1.54) is 17.1 Å². The van der Waals surface area contributed by atoms with Crippen molar-refractivity contribution in [1.29, 1.82) is 0 Å². The average molecular weight is 308 g/mol. The first kappa shape index (κ1) is 13.3. The first-order chi connectivity index (χ1) is 10.9. The van der Waals surface area contributed by atoms with E-state index in [4.69, 9.17) is 0 Å². The van der Waals surface area contributed by atoms with Gasteiger partial charge in [0.25, 0.3) is 0 Å². The van der Waals surface area contributed by atoms with Crippen LogP contribution < -0.4 is 5.32 Å². The molecule has 0 fully saturated rings. The molecular weight excluding hydrogens is 292 g/mol. The summed E-state index contributed by atoms with van der Waals surface area (Å²) >= 11 is 1.71. The molecule has 0 amide bonds. The highest BCUT2D eigenvalue weighted by molar-refractivity contribution is 7.16. The average Bonchev–Trinajstić information content (AvgIpc) is 3.20. The summed E-state index contributed by atoms with van der Waals surface area (Å²) in [6.07, 6.45) is 8.21. The number of hydrogen-bond donors (Lipinski definition) is 2. The molecular formula is C17H16N4S. The lowest BCUT2D eigenvalue weighted by Gasteiger charge is -2.10. The van der Waals surface area contributed by atoms with Gasteiger partial charge in [-0.15, -0.1) is 0 Å². The molecule has 0 bridgehead atoms. The van der Waals surface area contributed by atoms with Crippen molar-refractivity contribution in [3.63, 3.8) is 0 Å². The van der Waals surface area contributed by atoms with E-state index in [1.807, 2.05) is 48.7 Å². The van der Waals surface area contributed by atoms with Gasteiger partial charge < -0.3 is 10.3 Å². The first-order valence-electron chi connectivity index (χ1n) is 7.41. The van der Waals surface area contributed by atoms with E-state index in [2.05, 4.69) is 20.3 Å². The van der Waals surface area contributed by atoms with Gasteiger partial charge in [-0.1, -0.05) is 41.7 Å². The predicted molar refractivity (Wildman–Crippen MR) is 91.9 cm³/mol. The standard InChI is InChI=1S/C17H16N4S/c1-2-5-12(6-3-1)16-19-11-13(20-16)8-9-15-21-14-7-4-10-18-17(14)22-15/h1-3,5-6,8-9,11,18H,4,7,10H2,(H,19,20). The minimum atomic E-state index is 0.889. The summed E-state index contributed by atoms with van der Waals surface area (Å²) in [5.74, 6) is 0.889. The lowest BCUT2D eigenvalue weighted by atomic mass is 10.2. The fourth-order valence-electron chi connectivity index (χ4n) is 2.53. The van der Waals surface area contributed by atoms with Crippen molar-refractivity contribution in [3.8, 4) is 11.4 Å². The highest BCUT2D eigenvalue weighted by Gasteiger charge is 2.13. The Hall–Kier alpha value is -2.40. The molecule has 1 aromatic carbocycles. The zero-order valence-corrected chi connectivity index (χ0v) is 12.9. The Kier molecular flexibility index (Phi) is 3.48. The Morgan fingerprint density at radius 1 is 1.09 bits per heavy atom. The lowest BCUT2D eigenvalue weighted by Crippen LogP contribution is -2.09. The summed E-state index contributed by atoms with van der Waals surface area (Å²) in [4.78, 5) is 12.5. The van der Waals surface area contributed by atoms with Crippen LogP contribution in [0.4, 0.5) is 5.00 Å². The van der Waals surface area contributed by atoms with E-state index in [0.717, 1.165) is 35.1 Å². The number of H-pyrrole nitrogens is 1. The van der Waals surface area contributed by atoms with Gasteiger partial charge in [0.05, 0.1) is 11.4 Å². The quantitative estimate of drug-likeness (QED) is 0.767. The zero-order valence-electron chi connectivity index (χ0n) is 12.0. The van der Waals surface area contributed by atoms with Crippen molar-refractivity contribution in [1.82, 2.24) is 15.0 Å². The van der Waals surface area contributed by atoms with Crippen molar-refractivity contribution in [2.75, 3.05) is 11.9 Å². The maximum atomic E-state index is 4.66. The number of rotatable bonds is 3. The van der Waals surface area contributed by atoms with Gasteiger partial charge in [0.1, 0.15) is 15.8 Å². The molecule has 5 heteroatoms. The molecule has 1 aliphatic heterocycles. The van der Waals surface area contributed by atoms with Gasteiger partial charge in [-0.3, -0.25) is 0 Å². The van der Waals surface area contributed by atoms with E-state index in [-0.39, 0.29) is 0 Å². The third-order valence-electron chi connectivity index (χ3n) is 3.63. The van der Waals surface area contributed by atoms with Crippen LogP contribution in [0.1, 0.15) is 22.8 Å². The maximum Gasteiger partial charge on any atom is 0.138 e. The largest absolute Gasteiger partial charge is 0.375 e. The Bertz CT molecular complexity index is 778. The van der Waals surface area contributed by atoms with E-state index in [9.17, 15) is 0 Å². The summed E-state index contributed by atoms with van der Waals surface area (Å²) in [6, 6.07) is 10.1. The Labute approximate surface area is 133 Å². The molecule has 4 nitrogen and oxygen atoms in total. The number of aryl methyl sites for hydroxylation is 1. The minimum Gasteiger partial charge on any atom is -0.375 e. The van der Waals surface area contributed by atoms with Gasteiger partial charge in [0.15, 0.2) is 0 Å². The molecule has 0 saturated heterocycles. The second-order valence-corrected chi connectivity index (χ2v) is 6.26. The summed E-state index contributed by atoms with van der Waals surface area (Å²) < 4.78 is 0. The van der Waals surface area contributed by atoms with Gasteiger partial charge in [-0.2, -0.15) is 0 Å². The summed E-state index contributed by atoms with van der Waals surface area (Å²) in [7, 11) is 0. The van der Waals surface area contributed by atoms with Crippen molar-refractivity contribution >= 4 is 28.5 Å². The fourth-order valence-corrected chi connectivity index (χ4v) is 3.47. The van der Waals surface area contributed by atoms with Crippen LogP contribution >= 0.6 is 11.3 Å². The number of thiazole rings is 1. The van der Waals surface area contributed by atoms with E-state index in [0.29, 0.717) is 0 Å². The number of nitrogens with zero attached hydrogens (tertiary/aromatic N) is 2. The smallest absolute Gasteiger partial charge is 0.138 e. The molecule has 3 heterocycles. The predicted octanol–water partition coefficient (Wildman–Crippen LogP) is 4.06. The number of benzene rings is 1. The SMILES string of the molecule is C(=Cc1nc2c(s1)NCCC2)c1c[nH]c(-c2ccccc2)n1. The Balaban J connectivity index is 1.54. The van der Waals surface area contributed by atoms with Crippen molar-refractivity contribution in [3.05, 3.63) is 52.9 Å². The molecule has 22 heavy (non-hydrogen) atoms. The Morgan fingerprint density at radius 2 is 2.00 bits per heavy atom. The van der Waals surface area contributed by atoms with Crippen molar-refractivity contribution in [2.45, 2.75) is 12.8 Å². The molecule has 2 aromatic heterocycles. The van der Waals surface area contributed by atoms with Crippen LogP contribution in [0.2, 0.25) is 0 Å². The van der Waals surface area contributed by atoms with Crippen LogP contribution in [0, 0.1) is 0 Å². The van der Waals surface area contributed by atoms with Gasteiger partial charge in [0, 0.05) is 18.3 Å². The number of anilines is 1. The van der Waals surface area contributed by atoms with Crippen molar-refractivity contribution in [2.24, 2.45) is 0 Å². The maximum absolute atomic E-state index is 4.66. The second kappa shape index (κ2) is 5.77. The number of hydrogen-bond acceptors (Lipinski definition) is 4. The summed E-state index contributed by atoms with van der Waals surface area (Å²) in [6.45, 7) is 1.05. The highest BCUT2D eigenvalue weighted by Crippen LogP contribution is 2.29. The first-order valence-corrected chi connectivity index (χ1v) is 8.22. The number of fused-ring (bicyclic) bond motifs is 1. The van der Waals surface area contributed by atoms with Gasteiger partial charge in [-0.25, -0.2) is 9.97 Å². The number of aromatic nitrogens is 3. The van der Waals surface area contributed by atoms with Crippen LogP contribution in [0.5, 0.6) is 0 Å². The molecule has 0 unspecified atom stereocenters. The third kappa shape index (κ3) is 2.67. The van der Waals surface area contributed by atoms with Crippen LogP contribution in [0.3, 0.4) is 0 Å². The summed E-state index contributed by atoms with van der Waals surface area (Å²) in [5.41, 5.74) is 3.21. The van der Waals surface area contributed by atoms with Crippen LogP contribution in [-0.4, -0.2) is 21.5 Å². The summed E-state index contributed by atoms with van der Waals surface area (Å²) in [5, 5.41) is 5.66. The number of nitrogens with one attached hydrogen (secondary N) is 2. The van der Waals surface area contributed by atoms with Crippen molar-refractivity contribution < 1.29 is 0 Å². The van der Waals surface area contributed by atoms with Crippen LogP contribution in [0.15, 0.2) is 36.5 Å². The molecule has 4 rings (SSSR count). The van der Waals surface area contributed by atoms with Gasteiger partial charge in [-0.05, 0) is 25.0 Å². The highest BCUT2D eigenvalue weighted by atomic mass is 32.1. The molecule has 110 valence electrons. The zero-order chi connectivity index (χ0) is 14.8. The molecule has 0 radical (unpaired) electrons. The molecule has 1 aliphatic rings. The lowest BCUT2D eigenvalue weighted by molar-refractivity contribution is 0.813. The van der Waals surface area contributed by atoms with E-state index >= 15 is 0 Å². The van der Waals surface area contributed by atoms with E-state index in [1.54, 1.807) is 11.3 Å². The molecule has 0 atom stereocenters. The molecule has 3 aromatic rings. The minimum absolute atomic E-state index is 0.889.